The third kappa shape index (κ3) is 4.79. The van der Waals surface area contributed by atoms with Crippen LogP contribution in [0, 0.1) is 0 Å². The van der Waals surface area contributed by atoms with Gasteiger partial charge < -0.3 is 10.4 Å². The second kappa shape index (κ2) is 6.35. The van der Waals surface area contributed by atoms with Gasteiger partial charge in [0.2, 0.25) is 0 Å². The lowest BCUT2D eigenvalue weighted by Crippen LogP contribution is -2.56. The molecule has 0 atom stereocenters. The monoisotopic (exact) mass is 249 g/mol. The highest BCUT2D eigenvalue weighted by Crippen LogP contribution is 2.20. The molecular formula is C16H27NO. The van der Waals surface area contributed by atoms with Gasteiger partial charge in [0.05, 0.1) is 5.60 Å². The molecule has 0 saturated heterocycles. The Bertz CT molecular complexity index is 338. The van der Waals surface area contributed by atoms with Crippen molar-refractivity contribution in [2.24, 2.45) is 0 Å². The first-order valence-electron chi connectivity index (χ1n) is 6.84. The van der Waals surface area contributed by atoms with Crippen LogP contribution in [0.15, 0.2) is 30.3 Å². The summed E-state index contributed by atoms with van der Waals surface area (Å²) in [5, 5.41) is 13.5. The predicted octanol–water partition coefficient (Wildman–Crippen LogP) is 3.15. The smallest absolute Gasteiger partial charge is 0.0767 e. The summed E-state index contributed by atoms with van der Waals surface area (Å²) < 4.78 is 0. The Balaban J connectivity index is 2.20. The number of unbranched alkanes of at least 4 members (excludes halogenated alkanes) is 1. The maximum Gasteiger partial charge on any atom is 0.0767 e. The molecule has 1 aromatic carbocycles. The molecule has 102 valence electrons. The van der Waals surface area contributed by atoms with E-state index in [4.69, 9.17) is 0 Å². The van der Waals surface area contributed by atoms with Crippen LogP contribution in [0.1, 0.15) is 46.1 Å². The third-order valence-corrected chi connectivity index (χ3v) is 3.83. The quantitative estimate of drug-likeness (QED) is 0.728. The van der Waals surface area contributed by atoms with Crippen LogP contribution in [0.3, 0.4) is 0 Å². The molecule has 0 unspecified atom stereocenters. The molecule has 0 aliphatic carbocycles. The van der Waals surface area contributed by atoms with Gasteiger partial charge in [0.25, 0.3) is 0 Å². The van der Waals surface area contributed by atoms with Crippen molar-refractivity contribution in [1.29, 1.82) is 0 Å². The second-order valence-electron chi connectivity index (χ2n) is 6.05. The fraction of sp³-hybridized carbons (Fsp3) is 0.625. The van der Waals surface area contributed by atoms with E-state index >= 15 is 0 Å². The summed E-state index contributed by atoms with van der Waals surface area (Å²) in [6.45, 7) is 8.74. The van der Waals surface area contributed by atoms with Gasteiger partial charge in [0, 0.05) is 5.54 Å². The van der Waals surface area contributed by atoms with Crippen LogP contribution >= 0.6 is 0 Å². The van der Waals surface area contributed by atoms with Crippen LogP contribution in [-0.4, -0.2) is 22.8 Å². The summed E-state index contributed by atoms with van der Waals surface area (Å²) in [5.74, 6) is 0. The van der Waals surface area contributed by atoms with Crippen LogP contribution in [0.25, 0.3) is 0 Å². The van der Waals surface area contributed by atoms with E-state index in [0.29, 0.717) is 0 Å². The van der Waals surface area contributed by atoms with E-state index in [0.717, 1.165) is 19.4 Å². The Kier molecular flexibility index (Phi) is 5.36. The van der Waals surface area contributed by atoms with E-state index in [-0.39, 0.29) is 5.54 Å². The van der Waals surface area contributed by atoms with Crippen molar-refractivity contribution in [1.82, 2.24) is 5.32 Å². The van der Waals surface area contributed by atoms with Gasteiger partial charge in [-0.1, -0.05) is 30.3 Å². The van der Waals surface area contributed by atoms with Crippen molar-refractivity contribution in [3.63, 3.8) is 0 Å². The maximum absolute atomic E-state index is 10.0. The Morgan fingerprint density at radius 3 is 2.17 bits per heavy atom. The molecule has 1 rings (SSSR count). The predicted molar refractivity (Wildman–Crippen MR) is 77.8 cm³/mol. The fourth-order valence-electron chi connectivity index (χ4n) is 1.72. The molecule has 0 saturated carbocycles. The number of hydrogen-bond donors (Lipinski definition) is 2. The lowest BCUT2D eigenvalue weighted by atomic mass is 9.86. The lowest BCUT2D eigenvalue weighted by Gasteiger charge is -2.38. The summed E-state index contributed by atoms with van der Waals surface area (Å²) in [5.41, 5.74) is 0.450. The first kappa shape index (κ1) is 15.2. The Morgan fingerprint density at radius 2 is 1.61 bits per heavy atom. The van der Waals surface area contributed by atoms with Gasteiger partial charge in [-0.15, -0.1) is 0 Å². The molecule has 0 aliphatic heterocycles. The zero-order chi connectivity index (χ0) is 13.6. The summed E-state index contributed by atoms with van der Waals surface area (Å²) in [6, 6.07) is 10.6. The van der Waals surface area contributed by atoms with Crippen LogP contribution < -0.4 is 5.32 Å². The van der Waals surface area contributed by atoms with Gasteiger partial charge in [-0.2, -0.15) is 0 Å². The highest BCUT2D eigenvalue weighted by atomic mass is 16.3. The number of benzene rings is 1. The molecule has 0 heterocycles. The molecule has 0 aromatic heterocycles. The van der Waals surface area contributed by atoms with Crippen molar-refractivity contribution in [2.75, 3.05) is 6.54 Å². The SMILES string of the molecule is CC(C)(O)C(C)(C)NCCCCc1ccccc1. The standard InChI is InChI=1S/C16H27NO/c1-15(2,16(3,4)18)17-13-9-8-12-14-10-6-5-7-11-14/h5-7,10-11,17-18H,8-9,12-13H2,1-4H3. The number of rotatable bonds is 7. The minimum absolute atomic E-state index is 0.250. The van der Waals surface area contributed by atoms with Crippen molar-refractivity contribution in [3.8, 4) is 0 Å². The summed E-state index contributed by atoms with van der Waals surface area (Å²) in [7, 11) is 0. The molecule has 18 heavy (non-hydrogen) atoms. The van der Waals surface area contributed by atoms with E-state index in [1.54, 1.807) is 0 Å². The van der Waals surface area contributed by atoms with Gasteiger partial charge in [-0.05, 0) is 59.1 Å². The maximum atomic E-state index is 10.0. The molecule has 0 bridgehead atoms. The van der Waals surface area contributed by atoms with Gasteiger partial charge in [-0.3, -0.25) is 0 Å². The molecule has 0 radical (unpaired) electrons. The molecule has 2 nitrogen and oxygen atoms in total. The third-order valence-electron chi connectivity index (χ3n) is 3.83. The second-order valence-corrected chi connectivity index (χ2v) is 6.05. The van der Waals surface area contributed by atoms with Gasteiger partial charge in [0.15, 0.2) is 0 Å². The molecule has 1 aromatic rings. The molecule has 0 aliphatic rings. The van der Waals surface area contributed by atoms with Gasteiger partial charge in [-0.25, -0.2) is 0 Å². The summed E-state index contributed by atoms with van der Waals surface area (Å²) in [4.78, 5) is 0. The van der Waals surface area contributed by atoms with Crippen LogP contribution in [0.5, 0.6) is 0 Å². The average molecular weight is 249 g/mol. The normalized spacial score (nSPS) is 12.7. The molecule has 0 amide bonds. The Hall–Kier alpha value is -0.860. The number of aliphatic hydroxyl groups is 1. The largest absolute Gasteiger partial charge is 0.389 e. The van der Waals surface area contributed by atoms with Crippen molar-refractivity contribution in [2.45, 2.75) is 58.1 Å². The van der Waals surface area contributed by atoms with Crippen molar-refractivity contribution in [3.05, 3.63) is 35.9 Å². The highest BCUT2D eigenvalue weighted by molar-refractivity contribution is 5.14. The van der Waals surface area contributed by atoms with E-state index in [1.807, 2.05) is 27.7 Å². The Labute approximate surface area is 111 Å². The highest BCUT2D eigenvalue weighted by Gasteiger charge is 2.33. The lowest BCUT2D eigenvalue weighted by molar-refractivity contribution is -0.00440. The van der Waals surface area contributed by atoms with Crippen molar-refractivity contribution < 1.29 is 5.11 Å². The van der Waals surface area contributed by atoms with Crippen LogP contribution in [0.2, 0.25) is 0 Å². The zero-order valence-corrected chi connectivity index (χ0v) is 12.2. The summed E-state index contributed by atoms with van der Waals surface area (Å²) >= 11 is 0. The first-order valence-corrected chi connectivity index (χ1v) is 6.84. The minimum atomic E-state index is -0.702. The van der Waals surface area contributed by atoms with Gasteiger partial charge >= 0.3 is 0 Å². The molecule has 2 N–H and O–H groups in total. The van der Waals surface area contributed by atoms with Gasteiger partial charge in [0.1, 0.15) is 0 Å². The molecular weight excluding hydrogens is 222 g/mol. The van der Waals surface area contributed by atoms with Crippen molar-refractivity contribution >= 4 is 0 Å². The van der Waals surface area contributed by atoms with E-state index in [2.05, 4.69) is 35.6 Å². The molecule has 0 spiro atoms. The van der Waals surface area contributed by atoms with E-state index < -0.39 is 5.60 Å². The first-order chi connectivity index (χ1) is 8.33. The fourth-order valence-corrected chi connectivity index (χ4v) is 1.72. The van der Waals surface area contributed by atoms with Crippen LogP contribution in [-0.2, 0) is 6.42 Å². The number of aryl methyl sites for hydroxylation is 1. The summed E-state index contributed by atoms with van der Waals surface area (Å²) in [6.07, 6.45) is 3.44. The topological polar surface area (TPSA) is 32.3 Å². The van der Waals surface area contributed by atoms with Crippen LogP contribution in [0.4, 0.5) is 0 Å². The minimum Gasteiger partial charge on any atom is -0.389 e. The molecule has 2 heteroatoms. The molecule has 0 fully saturated rings. The zero-order valence-electron chi connectivity index (χ0n) is 12.2. The number of nitrogens with one attached hydrogen (secondary N) is 1. The number of hydrogen-bond acceptors (Lipinski definition) is 2. The average Bonchev–Trinajstić information content (AvgIpc) is 2.28. The van der Waals surface area contributed by atoms with E-state index in [9.17, 15) is 5.11 Å². The van der Waals surface area contributed by atoms with E-state index in [1.165, 1.54) is 12.0 Å². The Morgan fingerprint density at radius 1 is 1.00 bits per heavy atom.